The molecule has 3 nitrogen and oxygen atoms in total. The van der Waals surface area contributed by atoms with E-state index < -0.39 is 0 Å². The van der Waals surface area contributed by atoms with Gasteiger partial charge in [-0.3, -0.25) is 0 Å². The first-order valence-electron chi connectivity index (χ1n) is 4.22. The van der Waals surface area contributed by atoms with Crippen molar-refractivity contribution in [1.29, 1.82) is 5.26 Å². The van der Waals surface area contributed by atoms with Gasteiger partial charge in [0.15, 0.2) is 0 Å². The SMILES string of the molecule is CC(C)(C)c1cnc(CC#N)nc1. The summed E-state index contributed by atoms with van der Waals surface area (Å²) in [4.78, 5) is 8.20. The largest absolute Gasteiger partial charge is 0.240 e. The number of hydrogen-bond donors (Lipinski definition) is 0. The third-order valence-electron chi connectivity index (χ3n) is 1.81. The summed E-state index contributed by atoms with van der Waals surface area (Å²) >= 11 is 0. The predicted octanol–water partition coefficient (Wildman–Crippen LogP) is 1.84. The molecular formula is C10H13N3. The predicted molar refractivity (Wildman–Crippen MR) is 50.0 cm³/mol. The number of nitrogens with zero attached hydrogens (tertiary/aromatic N) is 3. The van der Waals surface area contributed by atoms with Gasteiger partial charge >= 0.3 is 0 Å². The lowest BCUT2D eigenvalue weighted by atomic mass is 9.89. The minimum absolute atomic E-state index is 0.0746. The lowest BCUT2D eigenvalue weighted by Gasteiger charge is -2.17. The van der Waals surface area contributed by atoms with Crippen LogP contribution < -0.4 is 0 Å². The van der Waals surface area contributed by atoms with Crippen molar-refractivity contribution < 1.29 is 0 Å². The van der Waals surface area contributed by atoms with Crippen molar-refractivity contribution in [3.63, 3.8) is 0 Å². The second kappa shape index (κ2) is 3.53. The molecule has 0 saturated carbocycles. The van der Waals surface area contributed by atoms with Crippen molar-refractivity contribution in [2.24, 2.45) is 0 Å². The molecule has 0 aliphatic heterocycles. The van der Waals surface area contributed by atoms with Gasteiger partial charge in [0.2, 0.25) is 0 Å². The van der Waals surface area contributed by atoms with Crippen LogP contribution in [0.1, 0.15) is 32.2 Å². The van der Waals surface area contributed by atoms with E-state index in [0.29, 0.717) is 5.82 Å². The summed E-state index contributed by atoms with van der Waals surface area (Å²) in [6.07, 6.45) is 3.86. The van der Waals surface area contributed by atoms with Gasteiger partial charge in [-0.05, 0) is 11.0 Å². The van der Waals surface area contributed by atoms with Gasteiger partial charge in [0, 0.05) is 12.4 Å². The first-order chi connectivity index (χ1) is 6.04. The Hall–Kier alpha value is -1.43. The van der Waals surface area contributed by atoms with Crippen LogP contribution in [0.3, 0.4) is 0 Å². The van der Waals surface area contributed by atoms with Crippen molar-refractivity contribution in [2.75, 3.05) is 0 Å². The highest BCUT2D eigenvalue weighted by Crippen LogP contribution is 2.19. The molecule has 1 aromatic heterocycles. The Kier molecular flexibility index (Phi) is 2.62. The third kappa shape index (κ3) is 2.51. The summed E-state index contributed by atoms with van der Waals surface area (Å²) in [5.41, 5.74) is 1.17. The van der Waals surface area contributed by atoms with E-state index in [2.05, 4.69) is 30.7 Å². The summed E-state index contributed by atoms with van der Waals surface area (Å²) in [7, 11) is 0. The van der Waals surface area contributed by atoms with Crippen LogP contribution in [0, 0.1) is 11.3 Å². The monoisotopic (exact) mass is 175 g/mol. The summed E-state index contributed by atoms with van der Waals surface area (Å²) in [5, 5.41) is 8.42. The molecule has 0 aliphatic carbocycles. The van der Waals surface area contributed by atoms with Crippen LogP contribution in [-0.2, 0) is 11.8 Å². The summed E-state index contributed by atoms with van der Waals surface area (Å²) in [5.74, 6) is 0.593. The number of nitriles is 1. The molecular weight excluding hydrogens is 162 g/mol. The maximum Gasteiger partial charge on any atom is 0.142 e. The molecule has 1 heterocycles. The molecule has 0 saturated heterocycles. The fourth-order valence-corrected chi connectivity index (χ4v) is 0.904. The Morgan fingerprint density at radius 2 is 1.85 bits per heavy atom. The highest BCUT2D eigenvalue weighted by molar-refractivity contribution is 5.15. The molecule has 1 aromatic rings. The van der Waals surface area contributed by atoms with Crippen molar-refractivity contribution >= 4 is 0 Å². The van der Waals surface area contributed by atoms with E-state index >= 15 is 0 Å². The van der Waals surface area contributed by atoms with E-state index in [1.54, 1.807) is 12.4 Å². The molecule has 1 rings (SSSR count). The second-order valence-electron chi connectivity index (χ2n) is 3.97. The van der Waals surface area contributed by atoms with E-state index in [4.69, 9.17) is 5.26 Å². The molecule has 0 aliphatic rings. The molecule has 0 bridgehead atoms. The zero-order chi connectivity index (χ0) is 9.90. The van der Waals surface area contributed by atoms with Crippen LogP contribution in [0.4, 0.5) is 0 Å². The van der Waals surface area contributed by atoms with Gasteiger partial charge in [-0.15, -0.1) is 0 Å². The topological polar surface area (TPSA) is 49.6 Å². The summed E-state index contributed by atoms with van der Waals surface area (Å²) < 4.78 is 0. The Labute approximate surface area is 78.5 Å². The zero-order valence-corrected chi connectivity index (χ0v) is 8.20. The quantitative estimate of drug-likeness (QED) is 0.654. The van der Waals surface area contributed by atoms with Crippen LogP contribution in [0.25, 0.3) is 0 Å². The molecule has 0 N–H and O–H groups in total. The van der Waals surface area contributed by atoms with E-state index in [1.165, 1.54) is 0 Å². The summed E-state index contributed by atoms with van der Waals surface area (Å²) in [6, 6.07) is 2.02. The van der Waals surface area contributed by atoms with Crippen molar-refractivity contribution in [2.45, 2.75) is 32.6 Å². The minimum atomic E-state index is 0.0746. The van der Waals surface area contributed by atoms with Gasteiger partial charge in [-0.25, -0.2) is 9.97 Å². The average Bonchev–Trinajstić information content (AvgIpc) is 2.04. The number of aromatic nitrogens is 2. The molecule has 3 heteroatoms. The molecule has 0 fully saturated rings. The highest BCUT2D eigenvalue weighted by atomic mass is 14.9. The van der Waals surface area contributed by atoms with Gasteiger partial charge in [0.25, 0.3) is 0 Å². The second-order valence-corrected chi connectivity index (χ2v) is 3.97. The fourth-order valence-electron chi connectivity index (χ4n) is 0.904. The van der Waals surface area contributed by atoms with Crippen LogP contribution >= 0.6 is 0 Å². The Bertz CT molecular complexity index is 314. The smallest absolute Gasteiger partial charge is 0.142 e. The zero-order valence-electron chi connectivity index (χ0n) is 8.20. The van der Waals surface area contributed by atoms with Gasteiger partial charge in [0.05, 0.1) is 12.5 Å². The van der Waals surface area contributed by atoms with E-state index in [0.717, 1.165) is 5.56 Å². The third-order valence-corrected chi connectivity index (χ3v) is 1.81. The van der Waals surface area contributed by atoms with Crippen LogP contribution in [0.2, 0.25) is 0 Å². The number of rotatable bonds is 1. The van der Waals surface area contributed by atoms with Crippen molar-refractivity contribution in [1.82, 2.24) is 9.97 Å². The van der Waals surface area contributed by atoms with E-state index in [9.17, 15) is 0 Å². The molecule has 0 spiro atoms. The van der Waals surface area contributed by atoms with Crippen LogP contribution in [0.15, 0.2) is 12.4 Å². The lowest BCUT2D eigenvalue weighted by molar-refractivity contribution is 0.582. The van der Waals surface area contributed by atoms with Crippen molar-refractivity contribution in [3.05, 3.63) is 23.8 Å². The average molecular weight is 175 g/mol. The standard InChI is InChI=1S/C10H13N3/c1-10(2,3)8-6-12-9(4-5-11)13-7-8/h6-7H,4H2,1-3H3. The highest BCUT2D eigenvalue weighted by Gasteiger charge is 2.13. The fraction of sp³-hybridized carbons (Fsp3) is 0.500. The van der Waals surface area contributed by atoms with Crippen LogP contribution in [0.5, 0.6) is 0 Å². The van der Waals surface area contributed by atoms with Crippen LogP contribution in [-0.4, -0.2) is 9.97 Å². The molecule has 0 radical (unpaired) electrons. The maximum atomic E-state index is 8.42. The van der Waals surface area contributed by atoms with Gasteiger partial charge in [-0.2, -0.15) is 5.26 Å². The van der Waals surface area contributed by atoms with E-state index in [1.807, 2.05) is 6.07 Å². The van der Waals surface area contributed by atoms with Crippen molar-refractivity contribution in [3.8, 4) is 6.07 Å². The number of hydrogen-bond acceptors (Lipinski definition) is 3. The molecule has 0 unspecified atom stereocenters. The van der Waals surface area contributed by atoms with Gasteiger partial charge in [0.1, 0.15) is 5.82 Å². The maximum absolute atomic E-state index is 8.42. The lowest BCUT2D eigenvalue weighted by Crippen LogP contribution is -2.12. The van der Waals surface area contributed by atoms with Gasteiger partial charge < -0.3 is 0 Å². The molecule has 0 amide bonds. The van der Waals surface area contributed by atoms with E-state index in [-0.39, 0.29) is 11.8 Å². The van der Waals surface area contributed by atoms with Gasteiger partial charge in [-0.1, -0.05) is 20.8 Å². The molecule has 0 aromatic carbocycles. The molecule has 68 valence electrons. The first-order valence-corrected chi connectivity index (χ1v) is 4.22. The summed E-state index contributed by atoms with van der Waals surface area (Å²) in [6.45, 7) is 6.32. The molecule has 0 atom stereocenters. The normalized spacial score (nSPS) is 10.9. The minimum Gasteiger partial charge on any atom is -0.240 e. The Balaban J connectivity index is 2.89. The molecule has 13 heavy (non-hydrogen) atoms. The first kappa shape index (κ1) is 9.66. The Morgan fingerprint density at radius 3 is 2.23 bits per heavy atom. The Morgan fingerprint density at radius 1 is 1.31 bits per heavy atom.